The summed E-state index contributed by atoms with van der Waals surface area (Å²) in [6.07, 6.45) is 0.761. The Bertz CT molecular complexity index is 507. The fraction of sp³-hybridized carbons (Fsp3) is 0.0909. The first-order valence-electron chi connectivity index (χ1n) is 4.38. The molecule has 0 spiro atoms. The average Bonchev–Trinajstić information content (AvgIpc) is 2.70. The molecule has 4 heteroatoms. The molecule has 2 rings (SSSR count). The highest BCUT2D eigenvalue weighted by Crippen LogP contribution is 2.25. The third-order valence-electron chi connectivity index (χ3n) is 2.08. The average molecular weight is 238 g/mol. The lowest BCUT2D eigenvalue weighted by molar-refractivity contribution is 0.112. The molecule has 0 fully saturated rings. The summed E-state index contributed by atoms with van der Waals surface area (Å²) in [7, 11) is 0. The third kappa shape index (κ3) is 2.08. The number of aryl methyl sites for hydroxylation is 1. The van der Waals surface area contributed by atoms with Crippen LogP contribution in [0.4, 0.5) is 0 Å². The largest absolute Gasteiger partial charge is 0.295 e. The van der Waals surface area contributed by atoms with Gasteiger partial charge in [-0.15, -0.1) is 11.3 Å². The van der Waals surface area contributed by atoms with Gasteiger partial charge in [0, 0.05) is 16.0 Å². The van der Waals surface area contributed by atoms with E-state index in [4.69, 9.17) is 11.6 Å². The van der Waals surface area contributed by atoms with Gasteiger partial charge in [-0.05, 0) is 24.6 Å². The van der Waals surface area contributed by atoms with Gasteiger partial charge in [0.15, 0.2) is 11.3 Å². The molecule has 1 aromatic carbocycles. The Morgan fingerprint density at radius 2 is 2.27 bits per heavy atom. The number of benzene rings is 1. The molecule has 0 aliphatic rings. The van der Waals surface area contributed by atoms with Crippen LogP contribution in [0.1, 0.15) is 15.4 Å². The van der Waals surface area contributed by atoms with E-state index in [-0.39, 0.29) is 0 Å². The van der Waals surface area contributed by atoms with Crippen LogP contribution in [0, 0.1) is 6.92 Å². The van der Waals surface area contributed by atoms with Crippen LogP contribution in [-0.4, -0.2) is 11.3 Å². The van der Waals surface area contributed by atoms with Crippen LogP contribution in [0.25, 0.3) is 11.3 Å². The molecule has 2 nitrogen and oxygen atoms in total. The van der Waals surface area contributed by atoms with Crippen LogP contribution in [0.3, 0.4) is 0 Å². The smallest absolute Gasteiger partial charge is 0.178 e. The summed E-state index contributed by atoms with van der Waals surface area (Å²) in [6, 6.07) is 5.71. The first-order valence-corrected chi connectivity index (χ1v) is 5.63. The lowest BCUT2D eigenvalue weighted by Gasteiger charge is -2.00. The maximum Gasteiger partial charge on any atom is 0.178 e. The van der Waals surface area contributed by atoms with Crippen molar-refractivity contribution in [1.82, 2.24) is 4.98 Å². The number of nitrogens with zero attached hydrogens (tertiary/aromatic N) is 1. The number of aldehydes is 1. The SMILES string of the molecule is Cc1cc(-c2csc(C=O)n2)ccc1Cl. The van der Waals surface area contributed by atoms with Gasteiger partial charge in [-0.3, -0.25) is 4.79 Å². The van der Waals surface area contributed by atoms with E-state index < -0.39 is 0 Å². The summed E-state index contributed by atoms with van der Waals surface area (Å²) in [6.45, 7) is 1.94. The first-order chi connectivity index (χ1) is 7.20. The number of aromatic nitrogens is 1. The molecule has 1 heterocycles. The molecular formula is C11H8ClNOS. The minimum atomic E-state index is 0.498. The van der Waals surface area contributed by atoms with Crippen LogP contribution in [0.2, 0.25) is 5.02 Å². The lowest BCUT2D eigenvalue weighted by Crippen LogP contribution is -1.82. The minimum Gasteiger partial charge on any atom is -0.295 e. The summed E-state index contributed by atoms with van der Waals surface area (Å²) >= 11 is 7.27. The highest BCUT2D eigenvalue weighted by atomic mass is 35.5. The van der Waals surface area contributed by atoms with Gasteiger partial charge in [-0.25, -0.2) is 4.98 Å². The fourth-order valence-corrected chi connectivity index (χ4v) is 2.02. The summed E-state index contributed by atoms with van der Waals surface area (Å²) in [4.78, 5) is 14.7. The zero-order valence-corrected chi connectivity index (χ0v) is 9.60. The van der Waals surface area contributed by atoms with Crippen LogP contribution < -0.4 is 0 Å². The topological polar surface area (TPSA) is 30.0 Å². The van der Waals surface area contributed by atoms with E-state index >= 15 is 0 Å². The fourth-order valence-electron chi connectivity index (χ4n) is 1.28. The summed E-state index contributed by atoms with van der Waals surface area (Å²) < 4.78 is 0. The van der Waals surface area contributed by atoms with Crippen molar-refractivity contribution in [2.75, 3.05) is 0 Å². The molecule has 0 N–H and O–H groups in total. The van der Waals surface area contributed by atoms with Gasteiger partial charge in [0.25, 0.3) is 0 Å². The molecule has 15 heavy (non-hydrogen) atoms. The van der Waals surface area contributed by atoms with E-state index in [1.165, 1.54) is 11.3 Å². The molecule has 0 amide bonds. The van der Waals surface area contributed by atoms with E-state index in [0.717, 1.165) is 28.1 Å². The predicted molar refractivity (Wildman–Crippen MR) is 62.7 cm³/mol. The summed E-state index contributed by atoms with van der Waals surface area (Å²) in [5.74, 6) is 0. The van der Waals surface area contributed by atoms with Crippen LogP contribution in [0.5, 0.6) is 0 Å². The molecule has 0 aliphatic carbocycles. The van der Waals surface area contributed by atoms with Gasteiger partial charge in [-0.1, -0.05) is 17.7 Å². The molecule has 0 atom stereocenters. The van der Waals surface area contributed by atoms with Gasteiger partial charge >= 0.3 is 0 Å². The number of carbonyl (C=O) groups is 1. The van der Waals surface area contributed by atoms with Gasteiger partial charge in [0.05, 0.1) is 5.69 Å². The zero-order valence-electron chi connectivity index (χ0n) is 8.03. The Kier molecular flexibility index (Phi) is 2.84. The second-order valence-corrected chi connectivity index (χ2v) is 4.45. The van der Waals surface area contributed by atoms with Crippen molar-refractivity contribution in [3.63, 3.8) is 0 Å². The number of hydrogen-bond acceptors (Lipinski definition) is 3. The zero-order chi connectivity index (χ0) is 10.8. The Hall–Kier alpha value is -1.19. The monoisotopic (exact) mass is 237 g/mol. The van der Waals surface area contributed by atoms with Crippen LogP contribution in [0.15, 0.2) is 23.6 Å². The van der Waals surface area contributed by atoms with Gasteiger partial charge in [0.2, 0.25) is 0 Å². The van der Waals surface area contributed by atoms with E-state index in [0.29, 0.717) is 5.01 Å². The molecule has 0 bridgehead atoms. The second-order valence-electron chi connectivity index (χ2n) is 3.15. The second kappa shape index (κ2) is 4.13. The van der Waals surface area contributed by atoms with Crippen LogP contribution in [-0.2, 0) is 0 Å². The van der Waals surface area contributed by atoms with E-state index in [1.807, 2.05) is 30.5 Å². The van der Waals surface area contributed by atoms with Crippen LogP contribution >= 0.6 is 22.9 Å². The molecule has 1 aromatic heterocycles. The van der Waals surface area contributed by atoms with Crippen molar-refractivity contribution in [3.05, 3.63) is 39.2 Å². The molecule has 0 saturated carbocycles. The van der Waals surface area contributed by atoms with Gasteiger partial charge in [0.1, 0.15) is 0 Å². The first kappa shape index (κ1) is 10.3. The lowest BCUT2D eigenvalue weighted by atomic mass is 10.1. The van der Waals surface area contributed by atoms with Crippen molar-refractivity contribution in [2.24, 2.45) is 0 Å². The number of carbonyl (C=O) groups excluding carboxylic acids is 1. The molecule has 0 saturated heterocycles. The third-order valence-corrected chi connectivity index (χ3v) is 3.27. The molecule has 0 aliphatic heterocycles. The Balaban J connectivity index is 2.44. The Morgan fingerprint density at radius 3 is 2.87 bits per heavy atom. The van der Waals surface area contributed by atoms with Crippen molar-refractivity contribution in [3.8, 4) is 11.3 Å². The highest BCUT2D eigenvalue weighted by molar-refractivity contribution is 7.11. The summed E-state index contributed by atoms with van der Waals surface area (Å²) in [5, 5.41) is 3.11. The quantitative estimate of drug-likeness (QED) is 0.748. The number of halogens is 1. The van der Waals surface area contributed by atoms with E-state index in [9.17, 15) is 4.79 Å². The molecule has 0 radical (unpaired) electrons. The van der Waals surface area contributed by atoms with E-state index in [1.54, 1.807) is 0 Å². The molecule has 76 valence electrons. The molecule has 0 unspecified atom stereocenters. The summed E-state index contributed by atoms with van der Waals surface area (Å²) in [5.41, 5.74) is 2.82. The van der Waals surface area contributed by atoms with Crippen molar-refractivity contribution >= 4 is 29.2 Å². The highest BCUT2D eigenvalue weighted by Gasteiger charge is 2.05. The minimum absolute atomic E-state index is 0.498. The van der Waals surface area contributed by atoms with Crippen molar-refractivity contribution in [1.29, 1.82) is 0 Å². The predicted octanol–water partition coefficient (Wildman–Crippen LogP) is 3.58. The van der Waals surface area contributed by atoms with Crippen molar-refractivity contribution < 1.29 is 4.79 Å². The van der Waals surface area contributed by atoms with E-state index in [2.05, 4.69) is 4.98 Å². The Morgan fingerprint density at radius 1 is 1.47 bits per heavy atom. The Labute approximate surface area is 96.5 Å². The molecule has 2 aromatic rings. The number of thiazole rings is 1. The van der Waals surface area contributed by atoms with Gasteiger partial charge < -0.3 is 0 Å². The maximum atomic E-state index is 10.5. The normalized spacial score (nSPS) is 10.3. The van der Waals surface area contributed by atoms with Gasteiger partial charge in [-0.2, -0.15) is 0 Å². The standard InChI is InChI=1S/C11H8ClNOS/c1-7-4-8(2-3-9(7)12)10-6-15-11(5-14)13-10/h2-6H,1H3. The number of rotatable bonds is 2. The number of hydrogen-bond donors (Lipinski definition) is 0. The van der Waals surface area contributed by atoms with Crippen molar-refractivity contribution in [2.45, 2.75) is 6.92 Å². The maximum absolute atomic E-state index is 10.5. The molecular weight excluding hydrogens is 230 g/mol.